The summed E-state index contributed by atoms with van der Waals surface area (Å²) >= 11 is 4.92. The van der Waals surface area contributed by atoms with E-state index in [0.717, 1.165) is 24.3 Å². The molecule has 0 saturated heterocycles. The number of hydrogen-bond acceptors (Lipinski definition) is 4. The van der Waals surface area contributed by atoms with Crippen LogP contribution in [-0.2, 0) is 14.8 Å². The van der Waals surface area contributed by atoms with E-state index in [4.69, 9.17) is 12.2 Å². The molecule has 144 valence electrons. The second-order valence-electron chi connectivity index (χ2n) is 5.35. The van der Waals surface area contributed by atoms with Crippen LogP contribution in [0.5, 0.6) is 0 Å². The van der Waals surface area contributed by atoms with Crippen LogP contribution in [0.25, 0.3) is 0 Å². The lowest BCUT2D eigenvalue weighted by Gasteiger charge is -2.16. The van der Waals surface area contributed by atoms with Crippen molar-refractivity contribution in [2.75, 3.05) is 5.32 Å². The van der Waals surface area contributed by atoms with Gasteiger partial charge in [0.2, 0.25) is 10.0 Å². The molecule has 7 nitrogen and oxygen atoms in total. The van der Waals surface area contributed by atoms with Crippen molar-refractivity contribution in [2.24, 2.45) is 0 Å². The molecular weight excluding hydrogens is 398 g/mol. The standard InChI is InChI=1S/C16H16F2N4O3S2/c1-10(22-27(24,25)12-8-6-11(17)7-9-12)15(23)20-21-16(26)19-14-5-3-2-4-13(14)18/h2-10,22H,1H3,(H,20,23)(H2,19,21,26)/t10-/m0/s1. The molecule has 0 spiro atoms. The average molecular weight is 414 g/mol. The summed E-state index contributed by atoms with van der Waals surface area (Å²) in [6.45, 7) is 1.31. The fourth-order valence-corrected chi connectivity index (χ4v) is 3.27. The van der Waals surface area contributed by atoms with Crippen LogP contribution in [0.3, 0.4) is 0 Å². The summed E-state index contributed by atoms with van der Waals surface area (Å²) in [5, 5.41) is 2.44. The number of anilines is 1. The number of benzene rings is 2. The smallest absolute Gasteiger partial charge is 0.256 e. The summed E-state index contributed by atoms with van der Waals surface area (Å²) in [5.74, 6) is -1.86. The Morgan fingerprint density at radius 1 is 1.04 bits per heavy atom. The maximum absolute atomic E-state index is 13.5. The Labute approximate surface area is 160 Å². The molecule has 2 aromatic carbocycles. The van der Waals surface area contributed by atoms with Crippen LogP contribution < -0.4 is 20.9 Å². The van der Waals surface area contributed by atoms with E-state index >= 15 is 0 Å². The third kappa shape index (κ3) is 5.94. The first-order valence-corrected chi connectivity index (χ1v) is 9.47. The van der Waals surface area contributed by atoms with Gasteiger partial charge in [-0.1, -0.05) is 12.1 Å². The van der Waals surface area contributed by atoms with Gasteiger partial charge in [-0.3, -0.25) is 15.6 Å². The molecule has 1 amide bonds. The molecule has 27 heavy (non-hydrogen) atoms. The zero-order valence-electron chi connectivity index (χ0n) is 14.0. The van der Waals surface area contributed by atoms with E-state index in [9.17, 15) is 22.0 Å². The second kappa shape index (κ2) is 8.84. The highest BCUT2D eigenvalue weighted by Crippen LogP contribution is 2.12. The number of nitrogens with one attached hydrogen (secondary N) is 4. The van der Waals surface area contributed by atoms with Crippen molar-refractivity contribution >= 4 is 38.9 Å². The number of halogens is 2. The number of hydrazine groups is 1. The van der Waals surface area contributed by atoms with E-state index in [1.54, 1.807) is 6.07 Å². The van der Waals surface area contributed by atoms with Gasteiger partial charge in [-0.15, -0.1) is 0 Å². The fraction of sp³-hybridized carbons (Fsp3) is 0.125. The van der Waals surface area contributed by atoms with Crippen molar-refractivity contribution in [1.82, 2.24) is 15.6 Å². The van der Waals surface area contributed by atoms with Gasteiger partial charge in [-0.2, -0.15) is 4.72 Å². The molecule has 0 aliphatic heterocycles. The second-order valence-corrected chi connectivity index (χ2v) is 7.47. The van der Waals surface area contributed by atoms with Gasteiger partial charge in [-0.25, -0.2) is 17.2 Å². The predicted molar refractivity (Wildman–Crippen MR) is 100 cm³/mol. The Morgan fingerprint density at radius 2 is 1.67 bits per heavy atom. The lowest BCUT2D eigenvalue weighted by Crippen LogP contribution is -2.51. The molecular formula is C16H16F2N4O3S2. The zero-order chi connectivity index (χ0) is 20.0. The van der Waals surface area contributed by atoms with Gasteiger partial charge in [0, 0.05) is 0 Å². The lowest BCUT2D eigenvalue weighted by atomic mass is 10.3. The highest BCUT2D eigenvalue weighted by Gasteiger charge is 2.22. The van der Waals surface area contributed by atoms with E-state index in [1.807, 2.05) is 0 Å². The topological polar surface area (TPSA) is 99.3 Å². The maximum atomic E-state index is 13.5. The Balaban J connectivity index is 1.89. The first-order valence-electron chi connectivity index (χ1n) is 7.58. The van der Waals surface area contributed by atoms with Gasteiger partial charge in [0.05, 0.1) is 16.6 Å². The van der Waals surface area contributed by atoms with Gasteiger partial charge in [0.1, 0.15) is 11.6 Å². The number of carbonyl (C=O) groups is 1. The van der Waals surface area contributed by atoms with Gasteiger partial charge >= 0.3 is 0 Å². The van der Waals surface area contributed by atoms with Crippen LogP contribution in [0.15, 0.2) is 53.4 Å². The van der Waals surface area contributed by atoms with Gasteiger partial charge in [0.25, 0.3) is 5.91 Å². The quantitative estimate of drug-likeness (QED) is 0.439. The summed E-state index contributed by atoms with van der Waals surface area (Å²) < 4.78 is 52.9. The molecule has 11 heteroatoms. The van der Waals surface area contributed by atoms with Gasteiger partial charge < -0.3 is 5.32 Å². The van der Waals surface area contributed by atoms with Gasteiger partial charge in [0.15, 0.2) is 5.11 Å². The summed E-state index contributed by atoms with van der Waals surface area (Å²) in [6, 6.07) is 8.76. The number of amides is 1. The SMILES string of the molecule is C[C@H](NS(=O)(=O)c1ccc(F)cc1)C(=O)NNC(=S)Nc1ccccc1F. The molecule has 0 fully saturated rings. The number of hydrogen-bond donors (Lipinski definition) is 4. The van der Waals surface area contributed by atoms with E-state index in [-0.39, 0.29) is 15.7 Å². The van der Waals surface area contributed by atoms with Crippen molar-refractivity contribution in [1.29, 1.82) is 0 Å². The predicted octanol–water partition coefficient (Wildman–Crippen LogP) is 1.65. The normalized spacial score (nSPS) is 12.1. The number of sulfonamides is 1. The molecule has 0 aliphatic rings. The highest BCUT2D eigenvalue weighted by atomic mass is 32.2. The third-order valence-electron chi connectivity index (χ3n) is 3.27. The molecule has 2 aromatic rings. The third-order valence-corrected chi connectivity index (χ3v) is 5.03. The van der Waals surface area contributed by atoms with Crippen molar-refractivity contribution in [2.45, 2.75) is 17.9 Å². The van der Waals surface area contributed by atoms with E-state index < -0.39 is 33.6 Å². The Bertz CT molecular complexity index is 937. The minimum atomic E-state index is -4.02. The summed E-state index contributed by atoms with van der Waals surface area (Å²) in [4.78, 5) is 11.8. The van der Waals surface area contributed by atoms with Crippen LogP contribution in [0.1, 0.15) is 6.92 Å². The highest BCUT2D eigenvalue weighted by molar-refractivity contribution is 7.89. The van der Waals surface area contributed by atoms with Crippen LogP contribution in [0.2, 0.25) is 0 Å². The molecule has 1 atom stereocenters. The first-order chi connectivity index (χ1) is 12.7. The van der Waals surface area contributed by atoms with Crippen molar-refractivity contribution in [3.05, 3.63) is 60.2 Å². The molecule has 4 N–H and O–H groups in total. The number of para-hydroxylation sites is 1. The molecule has 0 unspecified atom stereocenters. The molecule has 0 aliphatic carbocycles. The molecule has 0 aromatic heterocycles. The molecule has 0 radical (unpaired) electrons. The minimum Gasteiger partial charge on any atom is -0.329 e. The Kier molecular flexibility index (Phi) is 6.77. The summed E-state index contributed by atoms with van der Waals surface area (Å²) in [7, 11) is -4.02. The Morgan fingerprint density at radius 3 is 2.30 bits per heavy atom. The zero-order valence-corrected chi connectivity index (χ0v) is 15.6. The molecule has 2 rings (SSSR count). The number of thiocarbonyl (C=S) groups is 1. The van der Waals surface area contributed by atoms with Crippen LogP contribution >= 0.6 is 12.2 Å². The number of carbonyl (C=O) groups excluding carboxylic acids is 1. The van der Waals surface area contributed by atoms with Crippen molar-refractivity contribution < 1.29 is 22.0 Å². The molecule has 0 saturated carbocycles. The average Bonchev–Trinajstić information content (AvgIpc) is 2.61. The molecule has 0 heterocycles. The number of rotatable bonds is 5. The van der Waals surface area contributed by atoms with Crippen molar-refractivity contribution in [3.63, 3.8) is 0 Å². The van der Waals surface area contributed by atoms with Gasteiger partial charge in [-0.05, 0) is 55.5 Å². The maximum Gasteiger partial charge on any atom is 0.256 e. The first kappa shape index (κ1) is 20.7. The Hall–Kier alpha value is -2.63. The van der Waals surface area contributed by atoms with Crippen LogP contribution in [-0.4, -0.2) is 25.5 Å². The largest absolute Gasteiger partial charge is 0.329 e. The van der Waals surface area contributed by atoms with Crippen LogP contribution in [0, 0.1) is 11.6 Å². The summed E-state index contributed by atoms with van der Waals surface area (Å²) in [6.07, 6.45) is 0. The summed E-state index contributed by atoms with van der Waals surface area (Å²) in [5.41, 5.74) is 4.65. The monoisotopic (exact) mass is 414 g/mol. The van der Waals surface area contributed by atoms with E-state index in [1.165, 1.54) is 25.1 Å². The minimum absolute atomic E-state index is 0.0953. The lowest BCUT2D eigenvalue weighted by molar-refractivity contribution is -0.122. The van der Waals surface area contributed by atoms with Crippen molar-refractivity contribution in [3.8, 4) is 0 Å². The molecule has 0 bridgehead atoms. The fourth-order valence-electron chi connectivity index (χ4n) is 1.91. The van der Waals surface area contributed by atoms with E-state index in [0.29, 0.717) is 0 Å². The van der Waals surface area contributed by atoms with Crippen LogP contribution in [0.4, 0.5) is 14.5 Å². The van der Waals surface area contributed by atoms with E-state index in [2.05, 4.69) is 20.9 Å².